The van der Waals surface area contributed by atoms with Crippen LogP contribution >= 0.6 is 23.2 Å². The summed E-state index contributed by atoms with van der Waals surface area (Å²) in [5, 5.41) is 3.60. The molecule has 7 heteroatoms. The van der Waals surface area contributed by atoms with Crippen molar-refractivity contribution in [2.75, 3.05) is 11.9 Å². The minimum atomic E-state index is -0.759. The third kappa shape index (κ3) is 5.37. The van der Waals surface area contributed by atoms with Crippen LogP contribution in [0.1, 0.15) is 35.3 Å². The summed E-state index contributed by atoms with van der Waals surface area (Å²) in [6, 6.07) is 8.10. The molecule has 0 heterocycles. The Kier molecular flexibility index (Phi) is 7.11. The van der Waals surface area contributed by atoms with Crippen LogP contribution in [0.2, 0.25) is 10.0 Å². The molecule has 0 saturated heterocycles. The topological polar surface area (TPSA) is 64.6 Å². The van der Waals surface area contributed by atoms with Crippen molar-refractivity contribution < 1.29 is 19.1 Å². The fourth-order valence-corrected chi connectivity index (χ4v) is 2.76. The van der Waals surface area contributed by atoms with Crippen molar-refractivity contribution in [3.63, 3.8) is 0 Å². The highest BCUT2D eigenvalue weighted by Crippen LogP contribution is 2.27. The van der Waals surface area contributed by atoms with Gasteiger partial charge in [-0.3, -0.25) is 4.79 Å². The second kappa shape index (κ2) is 9.11. The van der Waals surface area contributed by atoms with Crippen LogP contribution in [0.4, 0.5) is 5.69 Å². The highest BCUT2D eigenvalue weighted by Gasteiger charge is 2.18. The summed E-state index contributed by atoms with van der Waals surface area (Å²) in [4.78, 5) is 24.1. The van der Waals surface area contributed by atoms with E-state index in [0.29, 0.717) is 22.0 Å². The Hall–Kier alpha value is -2.24. The lowest BCUT2D eigenvalue weighted by molar-refractivity contribution is -0.122. The van der Waals surface area contributed by atoms with Crippen molar-refractivity contribution in [2.24, 2.45) is 0 Å². The van der Waals surface area contributed by atoms with Crippen LogP contribution in [0.25, 0.3) is 0 Å². The molecule has 2 rings (SSSR count). The van der Waals surface area contributed by atoms with Gasteiger partial charge in [0.25, 0.3) is 5.91 Å². The van der Waals surface area contributed by atoms with Crippen molar-refractivity contribution in [3.8, 4) is 5.75 Å². The SMILES string of the molecule is CCOC(=O)c1ccc(NC(=O)[C@@H](C)Oc2cc(C)c(Cl)c(C)c2)c(Cl)c1. The molecule has 0 aliphatic heterocycles. The Morgan fingerprint density at radius 2 is 1.74 bits per heavy atom. The number of halogens is 2. The van der Waals surface area contributed by atoms with E-state index in [1.807, 2.05) is 13.8 Å². The first-order valence-electron chi connectivity index (χ1n) is 8.43. The quantitative estimate of drug-likeness (QED) is 0.666. The molecule has 1 N–H and O–H groups in total. The van der Waals surface area contributed by atoms with Crippen LogP contribution in [0.3, 0.4) is 0 Å². The summed E-state index contributed by atoms with van der Waals surface area (Å²) in [7, 11) is 0. The Labute approximate surface area is 168 Å². The van der Waals surface area contributed by atoms with E-state index >= 15 is 0 Å². The fourth-order valence-electron chi connectivity index (χ4n) is 2.42. The molecule has 0 fully saturated rings. The summed E-state index contributed by atoms with van der Waals surface area (Å²) in [6.45, 7) is 7.37. The van der Waals surface area contributed by atoms with Crippen LogP contribution in [0.15, 0.2) is 30.3 Å². The van der Waals surface area contributed by atoms with Gasteiger partial charge in [-0.1, -0.05) is 23.2 Å². The van der Waals surface area contributed by atoms with E-state index in [-0.39, 0.29) is 17.5 Å². The van der Waals surface area contributed by atoms with Crippen LogP contribution in [0, 0.1) is 13.8 Å². The monoisotopic (exact) mass is 409 g/mol. The maximum Gasteiger partial charge on any atom is 0.338 e. The maximum atomic E-state index is 12.4. The van der Waals surface area contributed by atoms with Crippen LogP contribution in [0.5, 0.6) is 5.75 Å². The zero-order chi connectivity index (χ0) is 20.1. The zero-order valence-corrected chi connectivity index (χ0v) is 17.1. The van der Waals surface area contributed by atoms with Crippen molar-refractivity contribution in [1.29, 1.82) is 0 Å². The van der Waals surface area contributed by atoms with Gasteiger partial charge in [0.2, 0.25) is 0 Å². The standard InChI is InChI=1S/C20H21Cl2NO4/c1-5-26-20(25)14-6-7-17(16(21)10-14)23-19(24)13(4)27-15-8-11(2)18(22)12(3)9-15/h6-10,13H,5H2,1-4H3,(H,23,24)/t13-/m1/s1. The predicted octanol–water partition coefficient (Wildman–Crippen LogP) is 5.19. The van der Waals surface area contributed by atoms with Crippen LogP contribution in [-0.2, 0) is 9.53 Å². The van der Waals surface area contributed by atoms with Gasteiger partial charge in [0, 0.05) is 5.02 Å². The van der Waals surface area contributed by atoms with Gasteiger partial charge in [-0.25, -0.2) is 4.79 Å². The van der Waals surface area contributed by atoms with Crippen molar-refractivity contribution in [1.82, 2.24) is 0 Å². The zero-order valence-electron chi connectivity index (χ0n) is 15.6. The van der Waals surface area contributed by atoms with Gasteiger partial charge in [0.15, 0.2) is 6.10 Å². The van der Waals surface area contributed by atoms with Crippen LogP contribution < -0.4 is 10.1 Å². The Bertz CT molecular complexity index is 844. The number of rotatable bonds is 6. The minimum Gasteiger partial charge on any atom is -0.481 e. The number of benzene rings is 2. The first-order chi connectivity index (χ1) is 12.7. The molecule has 0 saturated carbocycles. The third-order valence-corrected chi connectivity index (χ3v) is 4.74. The molecule has 1 amide bonds. The molecule has 2 aromatic carbocycles. The molecule has 0 aliphatic rings. The number of aryl methyl sites for hydroxylation is 2. The van der Waals surface area contributed by atoms with E-state index in [4.69, 9.17) is 32.7 Å². The summed E-state index contributed by atoms with van der Waals surface area (Å²) in [5.41, 5.74) is 2.44. The average molecular weight is 410 g/mol. The molecule has 0 spiro atoms. The van der Waals surface area contributed by atoms with Crippen molar-refractivity contribution >= 4 is 40.8 Å². The molecule has 0 aliphatic carbocycles. The molecule has 0 radical (unpaired) electrons. The minimum absolute atomic E-state index is 0.235. The number of esters is 1. The molecular weight excluding hydrogens is 389 g/mol. The van der Waals surface area contributed by atoms with E-state index < -0.39 is 12.1 Å². The summed E-state index contributed by atoms with van der Waals surface area (Å²) in [6.07, 6.45) is -0.759. The Morgan fingerprint density at radius 1 is 1.11 bits per heavy atom. The van der Waals surface area contributed by atoms with Gasteiger partial charge in [-0.2, -0.15) is 0 Å². The lowest BCUT2D eigenvalue weighted by Gasteiger charge is -2.17. The number of carbonyl (C=O) groups excluding carboxylic acids is 2. The van der Waals surface area contributed by atoms with Gasteiger partial charge in [-0.05, 0) is 69.2 Å². The van der Waals surface area contributed by atoms with E-state index in [9.17, 15) is 9.59 Å². The summed E-state index contributed by atoms with van der Waals surface area (Å²) < 4.78 is 10.6. The Morgan fingerprint density at radius 3 is 2.30 bits per heavy atom. The highest BCUT2D eigenvalue weighted by molar-refractivity contribution is 6.34. The molecule has 144 valence electrons. The van der Waals surface area contributed by atoms with Gasteiger partial charge in [0.05, 0.1) is 22.9 Å². The number of hydrogen-bond donors (Lipinski definition) is 1. The number of anilines is 1. The number of amides is 1. The largest absolute Gasteiger partial charge is 0.481 e. The summed E-state index contributed by atoms with van der Waals surface area (Å²) >= 11 is 12.3. The first-order valence-corrected chi connectivity index (χ1v) is 9.19. The molecule has 0 unspecified atom stereocenters. The number of hydrogen-bond acceptors (Lipinski definition) is 4. The van der Waals surface area contributed by atoms with E-state index in [0.717, 1.165) is 11.1 Å². The highest BCUT2D eigenvalue weighted by atomic mass is 35.5. The second-order valence-corrected chi connectivity index (χ2v) is 6.82. The van der Waals surface area contributed by atoms with Crippen molar-refractivity contribution in [2.45, 2.75) is 33.8 Å². The normalized spacial score (nSPS) is 11.6. The van der Waals surface area contributed by atoms with Crippen molar-refractivity contribution in [3.05, 3.63) is 57.1 Å². The molecular formula is C20H21Cl2NO4. The van der Waals surface area contributed by atoms with E-state index in [1.54, 1.807) is 32.0 Å². The van der Waals surface area contributed by atoms with Crippen LogP contribution in [-0.4, -0.2) is 24.6 Å². The van der Waals surface area contributed by atoms with E-state index in [1.165, 1.54) is 12.1 Å². The predicted molar refractivity (Wildman–Crippen MR) is 107 cm³/mol. The van der Waals surface area contributed by atoms with Gasteiger partial charge < -0.3 is 14.8 Å². The number of carbonyl (C=O) groups is 2. The lowest BCUT2D eigenvalue weighted by Crippen LogP contribution is -2.30. The second-order valence-electron chi connectivity index (χ2n) is 6.04. The number of ether oxygens (including phenoxy) is 2. The molecule has 2 aromatic rings. The molecule has 0 bridgehead atoms. The third-order valence-electron chi connectivity index (χ3n) is 3.83. The smallest absolute Gasteiger partial charge is 0.338 e. The van der Waals surface area contributed by atoms with Gasteiger partial charge >= 0.3 is 5.97 Å². The maximum absolute atomic E-state index is 12.4. The van der Waals surface area contributed by atoms with Gasteiger partial charge in [0.1, 0.15) is 5.75 Å². The summed E-state index contributed by atoms with van der Waals surface area (Å²) in [5.74, 6) is -0.283. The average Bonchev–Trinajstić information content (AvgIpc) is 2.61. The Balaban J connectivity index is 2.07. The van der Waals surface area contributed by atoms with E-state index in [2.05, 4.69) is 5.32 Å². The van der Waals surface area contributed by atoms with Gasteiger partial charge in [-0.15, -0.1) is 0 Å². The molecule has 27 heavy (non-hydrogen) atoms. The first kappa shape index (κ1) is 21.1. The molecule has 1 atom stereocenters. The lowest BCUT2D eigenvalue weighted by atomic mass is 10.1. The number of nitrogens with one attached hydrogen (secondary N) is 1. The molecule has 5 nitrogen and oxygen atoms in total. The molecule has 0 aromatic heterocycles. The fraction of sp³-hybridized carbons (Fsp3) is 0.300.